The molecule has 0 atom stereocenters. The molecule has 0 aliphatic heterocycles. The molecule has 0 aliphatic carbocycles. The first-order chi connectivity index (χ1) is 12.2. The number of nitriles is 3. The summed E-state index contributed by atoms with van der Waals surface area (Å²) in [4.78, 5) is 10.5. The van der Waals surface area contributed by atoms with Crippen molar-refractivity contribution < 1.29 is 0 Å². The standard InChI is InChI=1S/C18H16N6S/c1-3-24(4-2)17-8-6-14(23-17)5-7-15-12-22-18(25-15)16(11-21)13(9-19)10-20/h5-8,12,23H,3-4H2,1-2H3/b7-5+. The van der Waals surface area contributed by atoms with Gasteiger partial charge in [0.15, 0.2) is 0 Å². The van der Waals surface area contributed by atoms with Crippen LogP contribution in [0.5, 0.6) is 0 Å². The van der Waals surface area contributed by atoms with E-state index in [1.54, 1.807) is 18.3 Å². The van der Waals surface area contributed by atoms with Gasteiger partial charge in [-0.3, -0.25) is 0 Å². The Morgan fingerprint density at radius 1 is 1.16 bits per heavy atom. The Morgan fingerprint density at radius 2 is 1.88 bits per heavy atom. The maximum Gasteiger partial charge on any atom is 0.150 e. The smallest absolute Gasteiger partial charge is 0.150 e. The van der Waals surface area contributed by atoms with Crippen molar-refractivity contribution in [3.8, 4) is 18.2 Å². The van der Waals surface area contributed by atoms with E-state index >= 15 is 0 Å². The first-order valence-corrected chi connectivity index (χ1v) is 8.51. The minimum absolute atomic E-state index is 0.0124. The van der Waals surface area contributed by atoms with Gasteiger partial charge in [0.1, 0.15) is 40.2 Å². The molecule has 0 aliphatic rings. The van der Waals surface area contributed by atoms with Gasteiger partial charge in [-0.25, -0.2) is 4.98 Å². The minimum atomic E-state index is -0.222. The van der Waals surface area contributed by atoms with Crippen molar-refractivity contribution in [3.05, 3.63) is 39.5 Å². The predicted octanol–water partition coefficient (Wildman–Crippen LogP) is 3.81. The second-order valence-corrected chi connectivity index (χ2v) is 6.02. The van der Waals surface area contributed by atoms with Gasteiger partial charge in [0, 0.05) is 29.9 Å². The van der Waals surface area contributed by atoms with Crippen LogP contribution in [-0.2, 0) is 0 Å². The van der Waals surface area contributed by atoms with E-state index in [4.69, 9.17) is 15.8 Å². The van der Waals surface area contributed by atoms with Gasteiger partial charge in [-0.15, -0.1) is 11.3 Å². The predicted molar refractivity (Wildman–Crippen MR) is 99.2 cm³/mol. The van der Waals surface area contributed by atoms with Gasteiger partial charge in [-0.1, -0.05) is 0 Å². The molecule has 0 saturated heterocycles. The number of nitrogens with zero attached hydrogens (tertiary/aromatic N) is 5. The van der Waals surface area contributed by atoms with Crippen LogP contribution in [0.4, 0.5) is 5.82 Å². The van der Waals surface area contributed by atoms with Gasteiger partial charge in [-0.2, -0.15) is 15.8 Å². The lowest BCUT2D eigenvalue weighted by molar-refractivity contribution is 0.850. The number of hydrogen-bond acceptors (Lipinski definition) is 6. The highest BCUT2D eigenvalue weighted by Crippen LogP contribution is 2.25. The van der Waals surface area contributed by atoms with Crippen molar-refractivity contribution in [2.45, 2.75) is 13.8 Å². The first-order valence-electron chi connectivity index (χ1n) is 7.69. The Kier molecular flexibility index (Phi) is 6.12. The second-order valence-electron chi connectivity index (χ2n) is 4.96. The third kappa shape index (κ3) is 4.14. The van der Waals surface area contributed by atoms with Gasteiger partial charge in [-0.05, 0) is 38.1 Å². The first kappa shape index (κ1) is 18.0. The van der Waals surface area contributed by atoms with Gasteiger partial charge >= 0.3 is 0 Å². The molecule has 0 saturated carbocycles. The van der Waals surface area contributed by atoms with E-state index in [1.165, 1.54) is 11.3 Å². The molecule has 2 heterocycles. The highest BCUT2D eigenvalue weighted by molar-refractivity contribution is 7.13. The third-order valence-corrected chi connectivity index (χ3v) is 4.53. The number of anilines is 1. The summed E-state index contributed by atoms with van der Waals surface area (Å²) in [5.41, 5.74) is 0.751. The van der Waals surface area contributed by atoms with Crippen LogP contribution >= 0.6 is 11.3 Å². The van der Waals surface area contributed by atoms with E-state index in [0.29, 0.717) is 5.01 Å². The van der Waals surface area contributed by atoms with Crippen molar-refractivity contribution >= 4 is 34.9 Å². The van der Waals surface area contributed by atoms with Crippen LogP contribution in [0.2, 0.25) is 0 Å². The zero-order chi connectivity index (χ0) is 18.2. The number of nitrogens with one attached hydrogen (secondary N) is 1. The Morgan fingerprint density at radius 3 is 2.48 bits per heavy atom. The number of aromatic amines is 1. The topological polar surface area (TPSA) is 103 Å². The number of H-pyrrole nitrogens is 1. The molecule has 2 aromatic heterocycles. The van der Waals surface area contributed by atoms with Crippen LogP contribution in [0.15, 0.2) is 23.9 Å². The molecule has 25 heavy (non-hydrogen) atoms. The maximum atomic E-state index is 9.16. The zero-order valence-corrected chi connectivity index (χ0v) is 14.8. The molecule has 0 radical (unpaired) electrons. The number of rotatable bonds is 6. The summed E-state index contributed by atoms with van der Waals surface area (Å²) < 4.78 is 0. The molecule has 0 fully saturated rings. The lowest BCUT2D eigenvalue weighted by Crippen LogP contribution is -2.21. The fraction of sp³-hybridized carbons (Fsp3) is 0.222. The van der Waals surface area contributed by atoms with E-state index in [2.05, 4.69) is 28.7 Å². The van der Waals surface area contributed by atoms with E-state index in [9.17, 15) is 0 Å². The SMILES string of the molecule is CCN(CC)c1ccc(/C=C/c2cnc(C(C#N)=C(C#N)C#N)s2)[nH]1. The Labute approximate surface area is 150 Å². The van der Waals surface area contributed by atoms with Crippen LogP contribution in [-0.4, -0.2) is 23.1 Å². The molecule has 6 nitrogen and oxygen atoms in total. The molecule has 2 aromatic rings. The minimum Gasteiger partial charge on any atom is -0.359 e. The van der Waals surface area contributed by atoms with Crippen molar-refractivity contribution in [2.75, 3.05) is 18.0 Å². The number of aromatic nitrogens is 2. The molecule has 0 spiro atoms. The Hall–Kier alpha value is -3.34. The van der Waals surface area contributed by atoms with Crippen molar-refractivity contribution in [3.63, 3.8) is 0 Å². The Balaban J connectivity index is 2.21. The van der Waals surface area contributed by atoms with E-state index in [0.717, 1.165) is 29.5 Å². The van der Waals surface area contributed by atoms with Gasteiger partial charge in [0.25, 0.3) is 0 Å². The van der Waals surface area contributed by atoms with Crippen LogP contribution in [0.25, 0.3) is 17.7 Å². The fourth-order valence-electron chi connectivity index (χ4n) is 2.24. The molecular weight excluding hydrogens is 332 g/mol. The molecule has 0 amide bonds. The summed E-state index contributed by atoms with van der Waals surface area (Å²) in [6.45, 7) is 6.08. The van der Waals surface area contributed by atoms with E-state index < -0.39 is 0 Å². The molecule has 2 rings (SSSR count). The molecule has 124 valence electrons. The summed E-state index contributed by atoms with van der Waals surface area (Å²) in [6, 6.07) is 9.37. The summed E-state index contributed by atoms with van der Waals surface area (Å²) in [5, 5.41) is 27.3. The Bertz CT molecular complexity index is 906. The van der Waals surface area contributed by atoms with Gasteiger partial charge in [0.2, 0.25) is 0 Å². The maximum absolute atomic E-state index is 9.16. The molecular formula is C18H16N6S. The quantitative estimate of drug-likeness (QED) is 0.799. The average molecular weight is 348 g/mol. The number of hydrogen-bond donors (Lipinski definition) is 1. The van der Waals surface area contributed by atoms with Crippen LogP contribution in [0.1, 0.15) is 29.4 Å². The monoisotopic (exact) mass is 348 g/mol. The van der Waals surface area contributed by atoms with E-state index in [-0.39, 0.29) is 11.1 Å². The third-order valence-electron chi connectivity index (χ3n) is 3.55. The summed E-state index contributed by atoms with van der Waals surface area (Å²) >= 11 is 1.26. The van der Waals surface area contributed by atoms with Crippen LogP contribution in [0, 0.1) is 34.0 Å². The molecule has 0 unspecified atom stereocenters. The van der Waals surface area contributed by atoms with Crippen molar-refractivity contribution in [2.24, 2.45) is 0 Å². The highest BCUT2D eigenvalue weighted by Gasteiger charge is 2.12. The van der Waals surface area contributed by atoms with Crippen molar-refractivity contribution in [1.29, 1.82) is 15.8 Å². The largest absolute Gasteiger partial charge is 0.359 e. The van der Waals surface area contributed by atoms with Gasteiger partial charge < -0.3 is 9.88 Å². The summed E-state index contributed by atoms with van der Waals surface area (Å²) in [6.07, 6.45) is 5.43. The summed E-state index contributed by atoms with van der Waals surface area (Å²) in [5.74, 6) is 1.07. The lowest BCUT2D eigenvalue weighted by atomic mass is 10.2. The summed E-state index contributed by atoms with van der Waals surface area (Å²) in [7, 11) is 0. The van der Waals surface area contributed by atoms with E-state index in [1.807, 2.05) is 30.4 Å². The molecule has 0 bridgehead atoms. The normalized spacial score (nSPS) is 10.0. The number of thiazole rings is 1. The molecule has 1 N–H and O–H groups in total. The van der Waals surface area contributed by atoms with Gasteiger partial charge in [0.05, 0.1) is 0 Å². The lowest BCUT2D eigenvalue weighted by Gasteiger charge is -2.18. The van der Waals surface area contributed by atoms with Crippen LogP contribution in [0.3, 0.4) is 0 Å². The van der Waals surface area contributed by atoms with Crippen LogP contribution < -0.4 is 4.90 Å². The second kappa shape index (κ2) is 8.49. The average Bonchev–Trinajstić information content (AvgIpc) is 3.28. The van der Waals surface area contributed by atoms with Crippen molar-refractivity contribution in [1.82, 2.24) is 9.97 Å². The highest BCUT2D eigenvalue weighted by atomic mass is 32.1. The molecule has 7 heteroatoms. The number of allylic oxidation sites excluding steroid dienone is 2. The fourth-order valence-corrected chi connectivity index (χ4v) is 3.06. The zero-order valence-electron chi connectivity index (χ0n) is 13.9. The molecule has 0 aromatic carbocycles.